The van der Waals surface area contributed by atoms with E-state index in [0.29, 0.717) is 5.92 Å². The van der Waals surface area contributed by atoms with Crippen molar-refractivity contribution < 1.29 is 4.74 Å². The normalized spacial score (nSPS) is 26.8. The summed E-state index contributed by atoms with van der Waals surface area (Å²) in [6.45, 7) is 6.66. The molecule has 0 bridgehead atoms. The maximum absolute atomic E-state index is 6.04. The van der Waals surface area contributed by atoms with E-state index >= 15 is 0 Å². The highest BCUT2D eigenvalue weighted by atomic mass is 16.5. The lowest BCUT2D eigenvalue weighted by Gasteiger charge is -2.37. The van der Waals surface area contributed by atoms with Crippen LogP contribution in [0.4, 0.5) is 5.69 Å². The first-order valence-electron chi connectivity index (χ1n) is 7.95. The van der Waals surface area contributed by atoms with Gasteiger partial charge in [0.15, 0.2) is 0 Å². The molecule has 2 aliphatic rings. The van der Waals surface area contributed by atoms with Crippen molar-refractivity contribution in [1.29, 1.82) is 0 Å². The van der Waals surface area contributed by atoms with Gasteiger partial charge in [0.25, 0.3) is 0 Å². The molecule has 1 aromatic rings. The van der Waals surface area contributed by atoms with Crippen LogP contribution < -0.4 is 10.5 Å². The van der Waals surface area contributed by atoms with Crippen molar-refractivity contribution in [1.82, 2.24) is 4.90 Å². The summed E-state index contributed by atoms with van der Waals surface area (Å²) in [5.74, 6) is 1.51. The lowest BCUT2D eigenvalue weighted by Crippen LogP contribution is -2.39. The largest absolute Gasteiger partial charge is 0.489 e. The highest BCUT2D eigenvalue weighted by Gasteiger charge is 2.35. The van der Waals surface area contributed by atoms with Crippen LogP contribution in [-0.2, 0) is 0 Å². The average Bonchev–Trinajstić information content (AvgIpc) is 2.89. The molecule has 2 aliphatic heterocycles. The van der Waals surface area contributed by atoms with Crippen LogP contribution in [0.5, 0.6) is 5.75 Å². The highest BCUT2D eigenvalue weighted by molar-refractivity contribution is 5.54. The van der Waals surface area contributed by atoms with Crippen LogP contribution in [0.2, 0.25) is 0 Å². The lowest BCUT2D eigenvalue weighted by atomic mass is 9.83. The Labute approximate surface area is 122 Å². The predicted molar refractivity (Wildman–Crippen MR) is 83.2 cm³/mol. The molecule has 0 aromatic heterocycles. The quantitative estimate of drug-likeness (QED) is 0.859. The summed E-state index contributed by atoms with van der Waals surface area (Å²) in [6, 6.07) is 7.14. The zero-order valence-corrected chi connectivity index (χ0v) is 12.6. The van der Waals surface area contributed by atoms with Crippen LogP contribution in [-0.4, -0.2) is 30.1 Å². The first-order valence-corrected chi connectivity index (χ1v) is 7.95. The van der Waals surface area contributed by atoms with Crippen LogP contribution in [0.1, 0.15) is 51.0 Å². The first kappa shape index (κ1) is 13.7. The third-order valence-corrected chi connectivity index (χ3v) is 4.67. The fourth-order valence-corrected chi connectivity index (χ4v) is 3.82. The molecule has 3 rings (SSSR count). The first-order chi connectivity index (χ1) is 9.65. The van der Waals surface area contributed by atoms with Gasteiger partial charge >= 0.3 is 0 Å². The van der Waals surface area contributed by atoms with Gasteiger partial charge in [-0.15, -0.1) is 0 Å². The third-order valence-electron chi connectivity index (χ3n) is 4.67. The van der Waals surface area contributed by atoms with E-state index in [1.54, 1.807) is 0 Å². The number of piperidine rings is 1. The molecule has 2 saturated heterocycles. The topological polar surface area (TPSA) is 38.5 Å². The molecule has 0 spiro atoms. The van der Waals surface area contributed by atoms with E-state index in [2.05, 4.69) is 17.0 Å². The summed E-state index contributed by atoms with van der Waals surface area (Å²) in [5.41, 5.74) is 8.20. The van der Waals surface area contributed by atoms with Crippen LogP contribution in [0.25, 0.3) is 0 Å². The van der Waals surface area contributed by atoms with E-state index in [9.17, 15) is 0 Å². The smallest absolute Gasteiger partial charge is 0.142 e. The SMILES string of the molecule is CC(C)Oc1cc(C2CCCN3CCCC23)ccc1N. The van der Waals surface area contributed by atoms with Crippen molar-refractivity contribution in [2.24, 2.45) is 0 Å². The van der Waals surface area contributed by atoms with Crippen molar-refractivity contribution in [2.45, 2.75) is 57.6 Å². The minimum absolute atomic E-state index is 0.168. The Hall–Kier alpha value is -1.22. The minimum atomic E-state index is 0.168. The molecule has 20 heavy (non-hydrogen) atoms. The van der Waals surface area contributed by atoms with Crippen LogP contribution in [0.15, 0.2) is 18.2 Å². The number of nitrogens with zero attached hydrogens (tertiary/aromatic N) is 1. The standard InChI is InChI=1S/C17H26N2O/c1-12(2)20-17-11-13(7-8-15(17)18)14-5-3-9-19-10-4-6-16(14)19/h7-8,11-12,14,16H,3-6,9-10,18H2,1-2H3. The number of hydrogen-bond acceptors (Lipinski definition) is 3. The number of anilines is 1. The molecule has 2 heterocycles. The van der Waals surface area contributed by atoms with E-state index in [0.717, 1.165) is 17.5 Å². The molecule has 0 saturated carbocycles. The molecular formula is C17H26N2O. The number of hydrogen-bond donors (Lipinski definition) is 1. The summed E-state index contributed by atoms with van der Waals surface area (Å²) in [6.07, 6.45) is 5.47. The Kier molecular flexibility index (Phi) is 3.88. The second kappa shape index (κ2) is 5.65. The van der Waals surface area contributed by atoms with Crippen LogP contribution in [0.3, 0.4) is 0 Å². The molecule has 0 radical (unpaired) electrons. The van der Waals surface area contributed by atoms with Crippen molar-refractivity contribution in [3.8, 4) is 5.75 Å². The van der Waals surface area contributed by atoms with Crippen molar-refractivity contribution in [2.75, 3.05) is 18.8 Å². The van der Waals surface area contributed by atoms with Gasteiger partial charge in [-0.3, -0.25) is 4.90 Å². The van der Waals surface area contributed by atoms with Crippen molar-refractivity contribution >= 4 is 5.69 Å². The van der Waals surface area contributed by atoms with Crippen LogP contribution in [0, 0.1) is 0 Å². The van der Waals surface area contributed by atoms with E-state index in [1.165, 1.54) is 44.3 Å². The molecule has 3 heteroatoms. The highest BCUT2D eigenvalue weighted by Crippen LogP contribution is 2.40. The Bertz CT molecular complexity index is 472. The molecule has 2 N–H and O–H groups in total. The zero-order valence-electron chi connectivity index (χ0n) is 12.6. The Morgan fingerprint density at radius 3 is 2.70 bits per heavy atom. The van der Waals surface area contributed by atoms with E-state index in [-0.39, 0.29) is 6.10 Å². The number of ether oxygens (including phenoxy) is 1. The number of benzene rings is 1. The van der Waals surface area contributed by atoms with Crippen LogP contribution >= 0.6 is 0 Å². The van der Waals surface area contributed by atoms with Gasteiger partial charge in [0, 0.05) is 6.04 Å². The molecule has 0 aliphatic carbocycles. The minimum Gasteiger partial charge on any atom is -0.489 e. The molecule has 2 atom stereocenters. The van der Waals surface area contributed by atoms with E-state index < -0.39 is 0 Å². The summed E-state index contributed by atoms with van der Waals surface area (Å²) in [5, 5.41) is 0. The second-order valence-corrected chi connectivity index (χ2v) is 6.46. The molecule has 2 unspecified atom stereocenters. The Balaban J connectivity index is 1.85. The van der Waals surface area contributed by atoms with Gasteiger partial charge in [-0.05, 0) is 76.2 Å². The van der Waals surface area contributed by atoms with Gasteiger partial charge in [-0.1, -0.05) is 6.07 Å². The molecule has 110 valence electrons. The summed E-state index contributed by atoms with van der Waals surface area (Å²) < 4.78 is 5.85. The second-order valence-electron chi connectivity index (χ2n) is 6.46. The average molecular weight is 274 g/mol. The predicted octanol–water partition coefficient (Wildman–Crippen LogP) is 3.40. The van der Waals surface area contributed by atoms with Crippen molar-refractivity contribution in [3.63, 3.8) is 0 Å². The monoisotopic (exact) mass is 274 g/mol. The number of nitrogen functional groups attached to an aromatic ring is 1. The fraction of sp³-hybridized carbons (Fsp3) is 0.647. The Morgan fingerprint density at radius 2 is 1.95 bits per heavy atom. The fourth-order valence-electron chi connectivity index (χ4n) is 3.82. The van der Waals surface area contributed by atoms with E-state index in [4.69, 9.17) is 10.5 Å². The molecule has 3 nitrogen and oxygen atoms in total. The summed E-state index contributed by atoms with van der Waals surface area (Å²) in [7, 11) is 0. The van der Waals surface area contributed by atoms with E-state index in [1.807, 2.05) is 19.9 Å². The lowest BCUT2D eigenvalue weighted by molar-refractivity contribution is 0.172. The number of nitrogens with two attached hydrogens (primary N) is 1. The van der Waals surface area contributed by atoms with Gasteiger partial charge < -0.3 is 10.5 Å². The van der Waals surface area contributed by atoms with Gasteiger partial charge in [-0.2, -0.15) is 0 Å². The number of fused-ring (bicyclic) bond motifs is 1. The van der Waals surface area contributed by atoms with Gasteiger partial charge in [-0.25, -0.2) is 0 Å². The molecule has 1 aromatic carbocycles. The summed E-state index contributed by atoms with van der Waals surface area (Å²) in [4.78, 5) is 2.67. The number of rotatable bonds is 3. The molecule has 2 fully saturated rings. The molecular weight excluding hydrogens is 248 g/mol. The zero-order chi connectivity index (χ0) is 14.1. The third kappa shape index (κ3) is 2.64. The van der Waals surface area contributed by atoms with Gasteiger partial charge in [0.1, 0.15) is 5.75 Å². The van der Waals surface area contributed by atoms with Gasteiger partial charge in [0.05, 0.1) is 11.8 Å². The maximum Gasteiger partial charge on any atom is 0.142 e. The van der Waals surface area contributed by atoms with Gasteiger partial charge in [0.2, 0.25) is 0 Å². The Morgan fingerprint density at radius 1 is 1.20 bits per heavy atom. The molecule has 0 amide bonds. The van der Waals surface area contributed by atoms with Crippen molar-refractivity contribution in [3.05, 3.63) is 23.8 Å². The maximum atomic E-state index is 6.04. The summed E-state index contributed by atoms with van der Waals surface area (Å²) >= 11 is 0.